The standard InChI is InChI=1S/C11H12N2O3S/c1-7(8-4-3-5-16-8)13-11-12-6-9(17-11)10(14)15-2/h3-7H,1-2H3,(H,12,13). The molecule has 1 N–H and O–H groups in total. The quantitative estimate of drug-likeness (QED) is 0.847. The van der Waals surface area contributed by atoms with Crippen LogP contribution in [0.3, 0.4) is 0 Å². The van der Waals surface area contributed by atoms with Gasteiger partial charge < -0.3 is 14.5 Å². The Hall–Kier alpha value is -1.82. The minimum absolute atomic E-state index is 0.00152. The first-order chi connectivity index (χ1) is 8.20. The van der Waals surface area contributed by atoms with Crippen LogP contribution in [0.4, 0.5) is 5.13 Å². The highest BCUT2D eigenvalue weighted by atomic mass is 32.1. The zero-order valence-corrected chi connectivity index (χ0v) is 10.3. The van der Waals surface area contributed by atoms with E-state index in [0.717, 1.165) is 5.76 Å². The topological polar surface area (TPSA) is 64.4 Å². The van der Waals surface area contributed by atoms with Gasteiger partial charge in [0.25, 0.3) is 0 Å². The maximum atomic E-state index is 11.2. The summed E-state index contributed by atoms with van der Waals surface area (Å²) in [6, 6.07) is 3.71. The van der Waals surface area contributed by atoms with Gasteiger partial charge in [0.05, 0.1) is 25.6 Å². The second-order valence-corrected chi connectivity index (χ2v) is 4.43. The van der Waals surface area contributed by atoms with Crippen molar-refractivity contribution in [3.63, 3.8) is 0 Å². The molecule has 0 amide bonds. The number of carbonyl (C=O) groups excluding carboxylic acids is 1. The molecule has 0 aliphatic heterocycles. The van der Waals surface area contributed by atoms with Gasteiger partial charge in [-0.3, -0.25) is 0 Å². The van der Waals surface area contributed by atoms with Crippen LogP contribution in [-0.2, 0) is 4.74 Å². The Bertz CT molecular complexity index is 493. The number of methoxy groups -OCH3 is 1. The number of carbonyl (C=O) groups is 1. The van der Waals surface area contributed by atoms with Crippen molar-refractivity contribution in [3.8, 4) is 0 Å². The molecule has 5 nitrogen and oxygen atoms in total. The highest BCUT2D eigenvalue weighted by Gasteiger charge is 2.13. The second-order valence-electron chi connectivity index (χ2n) is 3.40. The van der Waals surface area contributed by atoms with Crippen molar-refractivity contribution in [1.29, 1.82) is 0 Å². The van der Waals surface area contributed by atoms with Gasteiger partial charge in [0.2, 0.25) is 0 Å². The molecule has 0 bridgehead atoms. The van der Waals surface area contributed by atoms with Crippen molar-refractivity contribution < 1.29 is 13.9 Å². The zero-order valence-electron chi connectivity index (χ0n) is 9.47. The highest BCUT2D eigenvalue weighted by Crippen LogP contribution is 2.24. The number of nitrogens with zero attached hydrogens (tertiary/aromatic N) is 1. The van der Waals surface area contributed by atoms with Crippen LogP contribution >= 0.6 is 11.3 Å². The van der Waals surface area contributed by atoms with E-state index in [0.29, 0.717) is 10.0 Å². The molecule has 6 heteroatoms. The maximum absolute atomic E-state index is 11.2. The van der Waals surface area contributed by atoms with Crippen molar-refractivity contribution in [2.24, 2.45) is 0 Å². The highest BCUT2D eigenvalue weighted by molar-refractivity contribution is 7.17. The Morgan fingerprint density at radius 1 is 1.65 bits per heavy atom. The number of hydrogen-bond acceptors (Lipinski definition) is 6. The first kappa shape index (κ1) is 11.7. The largest absolute Gasteiger partial charge is 0.467 e. The summed E-state index contributed by atoms with van der Waals surface area (Å²) in [6.07, 6.45) is 3.11. The minimum Gasteiger partial charge on any atom is -0.467 e. The van der Waals surface area contributed by atoms with E-state index in [4.69, 9.17) is 4.42 Å². The summed E-state index contributed by atoms with van der Waals surface area (Å²) in [5, 5.41) is 3.81. The van der Waals surface area contributed by atoms with Gasteiger partial charge in [-0.2, -0.15) is 0 Å². The average Bonchev–Trinajstić information content (AvgIpc) is 2.98. The van der Waals surface area contributed by atoms with E-state index in [1.807, 2.05) is 19.1 Å². The summed E-state index contributed by atoms with van der Waals surface area (Å²) in [5.74, 6) is 0.445. The lowest BCUT2D eigenvalue weighted by Gasteiger charge is -2.08. The molecular formula is C11H12N2O3S. The van der Waals surface area contributed by atoms with Gasteiger partial charge >= 0.3 is 5.97 Å². The molecule has 1 atom stereocenters. The van der Waals surface area contributed by atoms with Crippen LogP contribution in [0.2, 0.25) is 0 Å². The molecule has 2 aromatic heterocycles. The van der Waals surface area contributed by atoms with Gasteiger partial charge in [-0.25, -0.2) is 9.78 Å². The van der Waals surface area contributed by atoms with Crippen LogP contribution in [0, 0.1) is 0 Å². The summed E-state index contributed by atoms with van der Waals surface area (Å²) in [5.41, 5.74) is 0. The Labute approximate surface area is 102 Å². The van der Waals surface area contributed by atoms with Crippen molar-refractivity contribution in [1.82, 2.24) is 4.98 Å². The molecule has 0 aliphatic rings. The molecule has 17 heavy (non-hydrogen) atoms. The number of nitrogens with one attached hydrogen (secondary N) is 1. The average molecular weight is 252 g/mol. The first-order valence-electron chi connectivity index (χ1n) is 5.05. The zero-order chi connectivity index (χ0) is 12.3. The Morgan fingerprint density at radius 3 is 3.12 bits per heavy atom. The summed E-state index contributed by atoms with van der Waals surface area (Å²) in [7, 11) is 1.35. The van der Waals surface area contributed by atoms with Crippen LogP contribution in [-0.4, -0.2) is 18.1 Å². The van der Waals surface area contributed by atoms with Gasteiger partial charge in [-0.1, -0.05) is 11.3 Å². The summed E-state index contributed by atoms with van der Waals surface area (Å²) in [6.45, 7) is 1.96. The van der Waals surface area contributed by atoms with Crippen molar-refractivity contribution in [3.05, 3.63) is 35.2 Å². The van der Waals surface area contributed by atoms with Gasteiger partial charge in [0.1, 0.15) is 10.6 Å². The van der Waals surface area contributed by atoms with Gasteiger partial charge in [-0.15, -0.1) is 0 Å². The minimum atomic E-state index is -0.374. The fraction of sp³-hybridized carbons (Fsp3) is 0.273. The van der Waals surface area contributed by atoms with Crippen molar-refractivity contribution >= 4 is 22.4 Å². The molecule has 2 heterocycles. The van der Waals surface area contributed by atoms with E-state index in [2.05, 4.69) is 15.0 Å². The smallest absolute Gasteiger partial charge is 0.349 e. The molecule has 0 fully saturated rings. The molecule has 0 saturated heterocycles. The molecule has 0 saturated carbocycles. The second kappa shape index (κ2) is 5.01. The molecule has 0 spiro atoms. The van der Waals surface area contributed by atoms with Crippen LogP contribution in [0.1, 0.15) is 28.4 Å². The third-order valence-electron chi connectivity index (χ3n) is 2.20. The van der Waals surface area contributed by atoms with E-state index in [9.17, 15) is 4.79 Å². The molecular weight excluding hydrogens is 240 g/mol. The number of furan rings is 1. The van der Waals surface area contributed by atoms with E-state index >= 15 is 0 Å². The van der Waals surface area contributed by atoms with Crippen LogP contribution in [0.25, 0.3) is 0 Å². The van der Waals surface area contributed by atoms with Crippen LogP contribution in [0.5, 0.6) is 0 Å². The molecule has 90 valence electrons. The Kier molecular flexibility index (Phi) is 3.43. The maximum Gasteiger partial charge on any atom is 0.349 e. The van der Waals surface area contributed by atoms with Crippen LogP contribution in [0.15, 0.2) is 29.0 Å². The normalized spacial score (nSPS) is 12.1. The third-order valence-corrected chi connectivity index (χ3v) is 3.11. The molecule has 0 aliphatic carbocycles. The number of esters is 1. The van der Waals surface area contributed by atoms with E-state index in [1.165, 1.54) is 24.6 Å². The lowest BCUT2D eigenvalue weighted by Crippen LogP contribution is -2.04. The molecule has 1 unspecified atom stereocenters. The predicted octanol–water partition coefficient (Wildman–Crippen LogP) is 2.70. The Balaban J connectivity index is 2.04. The van der Waals surface area contributed by atoms with E-state index in [-0.39, 0.29) is 12.0 Å². The van der Waals surface area contributed by atoms with Gasteiger partial charge in [0.15, 0.2) is 5.13 Å². The summed E-state index contributed by atoms with van der Waals surface area (Å²) in [4.78, 5) is 15.8. The number of thiazole rings is 1. The number of hydrogen-bond donors (Lipinski definition) is 1. The number of anilines is 1. The molecule has 2 aromatic rings. The summed E-state index contributed by atoms with van der Waals surface area (Å²) >= 11 is 1.25. The fourth-order valence-corrected chi connectivity index (χ4v) is 2.15. The van der Waals surface area contributed by atoms with E-state index in [1.54, 1.807) is 6.26 Å². The van der Waals surface area contributed by atoms with Crippen molar-refractivity contribution in [2.75, 3.05) is 12.4 Å². The Morgan fingerprint density at radius 2 is 2.47 bits per heavy atom. The SMILES string of the molecule is COC(=O)c1cnc(NC(C)c2ccco2)s1. The number of ether oxygens (including phenoxy) is 1. The third kappa shape index (κ3) is 2.65. The van der Waals surface area contributed by atoms with Gasteiger partial charge in [0, 0.05) is 0 Å². The number of aromatic nitrogens is 1. The van der Waals surface area contributed by atoms with Crippen molar-refractivity contribution in [2.45, 2.75) is 13.0 Å². The molecule has 0 radical (unpaired) electrons. The molecule has 2 rings (SSSR count). The van der Waals surface area contributed by atoms with E-state index < -0.39 is 0 Å². The first-order valence-corrected chi connectivity index (χ1v) is 5.86. The summed E-state index contributed by atoms with van der Waals surface area (Å²) < 4.78 is 9.88. The van der Waals surface area contributed by atoms with Gasteiger partial charge in [-0.05, 0) is 19.1 Å². The lowest BCUT2D eigenvalue weighted by molar-refractivity contribution is 0.0606. The fourth-order valence-electron chi connectivity index (χ4n) is 1.33. The van der Waals surface area contributed by atoms with Crippen LogP contribution < -0.4 is 5.32 Å². The predicted molar refractivity (Wildman–Crippen MR) is 64.2 cm³/mol. The number of rotatable bonds is 4. The lowest BCUT2D eigenvalue weighted by atomic mass is 10.3. The molecule has 0 aromatic carbocycles. The monoisotopic (exact) mass is 252 g/mol.